The van der Waals surface area contributed by atoms with E-state index in [2.05, 4.69) is 21.3 Å². The number of benzene rings is 4. The van der Waals surface area contributed by atoms with Crippen molar-refractivity contribution in [3.63, 3.8) is 0 Å². The van der Waals surface area contributed by atoms with E-state index in [-0.39, 0.29) is 36.5 Å². The first kappa shape index (κ1) is 37.2. The molecule has 4 aromatic carbocycles. The second kappa shape index (κ2) is 17.7. The molecule has 5 atom stereocenters. The number of amides is 5. The van der Waals surface area contributed by atoms with Crippen molar-refractivity contribution in [2.75, 3.05) is 11.5 Å². The van der Waals surface area contributed by atoms with Gasteiger partial charge < -0.3 is 37.8 Å². The summed E-state index contributed by atoms with van der Waals surface area (Å²) >= 11 is 0. The Bertz CT molecular complexity index is 1860. The minimum Gasteiger partial charge on any atom is -0.508 e. The summed E-state index contributed by atoms with van der Waals surface area (Å²) in [6.07, 6.45) is 0.342. The van der Waals surface area contributed by atoms with Crippen molar-refractivity contribution in [2.45, 2.75) is 49.5 Å². The van der Waals surface area contributed by atoms with Crippen molar-refractivity contribution >= 4 is 61.9 Å². The zero-order valence-corrected chi connectivity index (χ0v) is 29.3. The van der Waals surface area contributed by atoms with Crippen molar-refractivity contribution in [1.29, 1.82) is 0 Å². The van der Waals surface area contributed by atoms with Crippen LogP contribution in [0.15, 0.2) is 97.1 Å². The lowest BCUT2D eigenvalue weighted by atomic mass is 9.99. The van der Waals surface area contributed by atoms with Crippen molar-refractivity contribution in [3.8, 4) is 5.75 Å². The monoisotopic (exact) mass is 728 g/mol. The van der Waals surface area contributed by atoms with Gasteiger partial charge in [-0.05, 0) is 46.0 Å². The quantitative estimate of drug-likeness (QED) is 0.125. The van der Waals surface area contributed by atoms with E-state index in [9.17, 15) is 29.1 Å². The summed E-state index contributed by atoms with van der Waals surface area (Å²) < 4.78 is 0. The Balaban J connectivity index is 1.41. The number of nitrogens with two attached hydrogens (primary N) is 2. The molecule has 51 heavy (non-hydrogen) atoms. The van der Waals surface area contributed by atoms with Gasteiger partial charge in [0.1, 0.15) is 29.9 Å². The molecule has 1 heterocycles. The lowest BCUT2D eigenvalue weighted by Gasteiger charge is -2.27. The maximum absolute atomic E-state index is 14.0. The Kier molecular flexibility index (Phi) is 12.9. The average molecular weight is 729 g/mol. The summed E-state index contributed by atoms with van der Waals surface area (Å²) in [4.78, 5) is 67.3. The molecule has 0 aliphatic carbocycles. The summed E-state index contributed by atoms with van der Waals surface area (Å²) in [5.74, 6) is -2.99. The van der Waals surface area contributed by atoms with Gasteiger partial charge in [0, 0.05) is 24.3 Å². The number of fused-ring (bicyclic) bond motifs is 1. The van der Waals surface area contributed by atoms with Gasteiger partial charge in [0.05, 0.1) is 6.04 Å². The number of carbonyl (C=O) groups is 5. The summed E-state index contributed by atoms with van der Waals surface area (Å²) in [5, 5.41) is 22.6. The zero-order valence-electron chi connectivity index (χ0n) is 27.6. The van der Waals surface area contributed by atoms with Crippen molar-refractivity contribution in [1.82, 2.24) is 21.3 Å². The van der Waals surface area contributed by atoms with Gasteiger partial charge in [0.25, 0.3) is 0 Å². The van der Waals surface area contributed by atoms with Gasteiger partial charge in [-0.15, -0.1) is 0 Å². The SMILES string of the molecule is NC(=O)[C@@H]1CSSC[C@@H](NC(=O)[C@@H](N)Cc2ccc(O)cc2)C(=O)N[C@@H](Cc2ccccc2)C(=O)N[C@@H](Cc2ccc3ccccc3c2)C(=O)N1. The Morgan fingerprint density at radius 3 is 2.02 bits per heavy atom. The maximum Gasteiger partial charge on any atom is 0.244 e. The number of carbonyl (C=O) groups excluding carboxylic acids is 5. The van der Waals surface area contributed by atoms with Gasteiger partial charge >= 0.3 is 0 Å². The molecule has 1 aliphatic heterocycles. The smallest absolute Gasteiger partial charge is 0.244 e. The van der Waals surface area contributed by atoms with Gasteiger partial charge in [-0.25, -0.2) is 0 Å². The molecule has 0 aromatic heterocycles. The van der Waals surface area contributed by atoms with E-state index in [4.69, 9.17) is 11.5 Å². The van der Waals surface area contributed by atoms with Crippen molar-refractivity contribution < 1.29 is 29.1 Å². The Labute approximate surface area is 303 Å². The first-order valence-corrected chi connectivity index (χ1v) is 18.8. The van der Waals surface area contributed by atoms with Crippen LogP contribution in [0.25, 0.3) is 10.8 Å². The molecule has 1 saturated heterocycles. The minimum absolute atomic E-state index is 0.0534. The second-order valence-electron chi connectivity index (χ2n) is 12.3. The summed E-state index contributed by atoms with van der Waals surface area (Å²) in [6.45, 7) is 0. The molecule has 0 radical (unpaired) electrons. The van der Waals surface area contributed by atoms with E-state index in [1.54, 1.807) is 12.1 Å². The van der Waals surface area contributed by atoms with Crippen LogP contribution < -0.4 is 32.7 Å². The number of phenolic OH excluding ortho intramolecular Hbond substituents is 1. The van der Waals surface area contributed by atoms with Crippen molar-refractivity contribution in [2.24, 2.45) is 11.5 Å². The Morgan fingerprint density at radius 1 is 0.725 bits per heavy atom. The molecule has 14 heteroatoms. The third-order valence-corrected chi connectivity index (χ3v) is 10.8. The highest BCUT2D eigenvalue weighted by Crippen LogP contribution is 2.24. The molecule has 4 aromatic rings. The fourth-order valence-electron chi connectivity index (χ4n) is 5.55. The van der Waals surface area contributed by atoms with Crippen LogP contribution in [0.1, 0.15) is 16.7 Å². The second-order valence-corrected chi connectivity index (χ2v) is 14.8. The molecule has 5 amide bonds. The van der Waals surface area contributed by atoms with Gasteiger partial charge in [-0.3, -0.25) is 24.0 Å². The number of rotatable bonds is 9. The van der Waals surface area contributed by atoms with Crippen LogP contribution in [0.3, 0.4) is 0 Å². The highest BCUT2D eigenvalue weighted by atomic mass is 33.1. The molecule has 0 spiro atoms. The summed E-state index contributed by atoms with van der Waals surface area (Å²) in [5.41, 5.74) is 14.1. The fourth-order valence-corrected chi connectivity index (χ4v) is 7.90. The van der Waals surface area contributed by atoms with Crippen LogP contribution in [0.4, 0.5) is 0 Å². The molecule has 0 saturated carbocycles. The number of hydrogen-bond acceptors (Lipinski definition) is 9. The first-order chi connectivity index (χ1) is 24.5. The van der Waals surface area contributed by atoms with Crippen molar-refractivity contribution in [3.05, 3.63) is 114 Å². The Morgan fingerprint density at radius 2 is 1.31 bits per heavy atom. The summed E-state index contributed by atoms with van der Waals surface area (Å²) in [7, 11) is 2.40. The summed E-state index contributed by atoms with van der Waals surface area (Å²) in [6, 6.07) is 23.4. The molecular formula is C37H40N6O6S2. The van der Waals surface area contributed by atoms with Crippen LogP contribution in [0.2, 0.25) is 0 Å². The zero-order chi connectivity index (χ0) is 36.3. The number of phenols is 1. The minimum atomic E-state index is -1.13. The van der Waals surface area contributed by atoms with Crippen LogP contribution in [-0.2, 0) is 43.2 Å². The number of hydrogen-bond donors (Lipinski definition) is 7. The third-order valence-electron chi connectivity index (χ3n) is 8.38. The Hall–Kier alpha value is -5.05. The number of primary amides is 1. The first-order valence-electron chi connectivity index (χ1n) is 16.4. The van der Waals surface area contributed by atoms with Gasteiger partial charge in [0.2, 0.25) is 29.5 Å². The molecule has 1 aliphatic rings. The highest BCUT2D eigenvalue weighted by Gasteiger charge is 2.33. The topological polar surface area (TPSA) is 206 Å². The third kappa shape index (κ3) is 10.7. The van der Waals surface area contributed by atoms with Crippen LogP contribution in [0, 0.1) is 0 Å². The molecule has 266 valence electrons. The molecule has 5 rings (SSSR count). The lowest BCUT2D eigenvalue weighted by molar-refractivity contribution is -0.134. The van der Waals surface area contributed by atoms with E-state index in [0.717, 1.165) is 21.9 Å². The van der Waals surface area contributed by atoms with Crippen LogP contribution >= 0.6 is 21.6 Å². The van der Waals surface area contributed by atoms with E-state index in [0.29, 0.717) is 5.56 Å². The molecular weight excluding hydrogens is 689 g/mol. The van der Waals surface area contributed by atoms with Crippen LogP contribution in [-0.4, -0.2) is 76.4 Å². The normalized spacial score (nSPS) is 21.0. The maximum atomic E-state index is 14.0. The predicted octanol–water partition coefficient (Wildman–Crippen LogP) is 1.72. The van der Waals surface area contributed by atoms with E-state index >= 15 is 0 Å². The van der Waals surface area contributed by atoms with Gasteiger partial charge in [-0.2, -0.15) is 0 Å². The number of aromatic hydroxyl groups is 1. The largest absolute Gasteiger partial charge is 0.508 e. The molecule has 12 nitrogen and oxygen atoms in total. The van der Waals surface area contributed by atoms with E-state index in [1.165, 1.54) is 33.7 Å². The van der Waals surface area contributed by atoms with E-state index in [1.807, 2.05) is 72.8 Å². The molecule has 0 unspecified atom stereocenters. The molecule has 0 bridgehead atoms. The van der Waals surface area contributed by atoms with Gasteiger partial charge in [0.15, 0.2) is 0 Å². The lowest BCUT2D eigenvalue weighted by Crippen LogP contribution is -2.60. The predicted molar refractivity (Wildman–Crippen MR) is 199 cm³/mol. The fraction of sp³-hybridized carbons (Fsp3) is 0.270. The number of nitrogens with one attached hydrogen (secondary N) is 4. The molecule has 1 fully saturated rings. The van der Waals surface area contributed by atoms with Gasteiger partial charge in [-0.1, -0.05) is 107 Å². The highest BCUT2D eigenvalue weighted by molar-refractivity contribution is 8.76. The van der Waals surface area contributed by atoms with Crippen LogP contribution in [0.5, 0.6) is 5.75 Å². The molecule has 9 N–H and O–H groups in total. The average Bonchev–Trinajstić information content (AvgIpc) is 3.12. The standard InChI is InChI=1S/C37H40N6O6S2/c38-28(17-23-11-14-27(44)15-12-23)34(46)43-32-21-51-50-20-31(33(39)45)42-36(48)30(19-24-10-13-25-8-4-5-9-26(25)16-24)40-35(47)29(41-37(32)49)18-22-6-2-1-3-7-22/h1-16,28-32,44H,17-21,38H2,(H2,39,45)(H,40,47)(H,41,49)(H,42,48)(H,43,46)/t28-,29-,30-,31-,32+/m0/s1. The van der Waals surface area contributed by atoms with E-state index < -0.39 is 59.7 Å².